The van der Waals surface area contributed by atoms with Gasteiger partial charge >= 0.3 is 0 Å². The minimum atomic E-state index is -0.426. The van der Waals surface area contributed by atoms with E-state index in [4.69, 9.17) is 14.9 Å². The lowest BCUT2D eigenvalue weighted by Gasteiger charge is -2.45. The molecular formula is C30H40N4O4. The van der Waals surface area contributed by atoms with Gasteiger partial charge in [-0.25, -0.2) is 0 Å². The third-order valence-electron chi connectivity index (χ3n) is 7.86. The van der Waals surface area contributed by atoms with Crippen LogP contribution >= 0.6 is 0 Å². The first-order valence-electron chi connectivity index (χ1n) is 13.5. The Balaban J connectivity index is 1.59. The van der Waals surface area contributed by atoms with Crippen LogP contribution in [0, 0.1) is 5.41 Å². The van der Waals surface area contributed by atoms with E-state index in [9.17, 15) is 9.59 Å². The standard InChI is InChI=1S/C30H40N4O4/c1-6-30(7-2)19-26(35)34(28(31)33-30)24(15-16-37-5)20-11-10-12-21(17-20)27(36)32-23-18-29(3,4)38-25-14-9-8-13-22(23)25/h8-14,17,23-24H,6-7,15-16,18-19H2,1-5H3,(H2,31,33)(H,32,36). The van der Waals surface area contributed by atoms with Crippen LogP contribution in [0.25, 0.3) is 0 Å². The number of para-hydroxylation sites is 1. The van der Waals surface area contributed by atoms with Crippen molar-refractivity contribution in [2.45, 2.75) is 83.0 Å². The van der Waals surface area contributed by atoms with Crippen LogP contribution in [-0.2, 0) is 9.53 Å². The van der Waals surface area contributed by atoms with Crippen molar-refractivity contribution in [3.05, 3.63) is 65.2 Å². The molecule has 0 aromatic heterocycles. The molecular weight excluding hydrogens is 480 g/mol. The number of carbonyl (C=O) groups excluding carboxylic acids is 2. The summed E-state index contributed by atoms with van der Waals surface area (Å²) in [6, 6.07) is 14.5. The predicted molar refractivity (Wildman–Crippen MR) is 147 cm³/mol. The Labute approximate surface area is 225 Å². The molecule has 8 heteroatoms. The monoisotopic (exact) mass is 520 g/mol. The Morgan fingerprint density at radius 1 is 1.21 bits per heavy atom. The second-order valence-electron chi connectivity index (χ2n) is 11.0. The Hall–Kier alpha value is -3.39. The molecule has 2 aromatic rings. The van der Waals surface area contributed by atoms with Gasteiger partial charge in [0, 0.05) is 36.8 Å². The lowest BCUT2D eigenvalue weighted by atomic mass is 9.86. The first-order valence-corrected chi connectivity index (χ1v) is 13.5. The lowest BCUT2D eigenvalue weighted by Crippen LogP contribution is -2.62. The number of fused-ring (bicyclic) bond motifs is 1. The molecule has 2 atom stereocenters. The van der Waals surface area contributed by atoms with Gasteiger partial charge in [0.05, 0.1) is 18.5 Å². The number of carbonyl (C=O) groups is 2. The Bertz CT molecular complexity index is 1170. The molecule has 0 bridgehead atoms. The maximum absolute atomic E-state index is 13.5. The summed E-state index contributed by atoms with van der Waals surface area (Å²) in [7, 11) is 1.62. The van der Waals surface area contributed by atoms with E-state index in [1.807, 2.05) is 70.2 Å². The van der Waals surface area contributed by atoms with Crippen LogP contribution in [0.3, 0.4) is 0 Å². The largest absolute Gasteiger partial charge is 0.487 e. The summed E-state index contributed by atoms with van der Waals surface area (Å²) in [6.07, 6.45) is 2.99. The van der Waals surface area contributed by atoms with E-state index in [0.717, 1.165) is 29.7 Å². The fraction of sp³-hybridized carbons (Fsp3) is 0.500. The van der Waals surface area contributed by atoms with Crippen LogP contribution in [0.1, 0.15) is 93.4 Å². The van der Waals surface area contributed by atoms with Crippen LogP contribution in [0.2, 0.25) is 0 Å². The molecule has 1 fully saturated rings. The molecule has 1 saturated heterocycles. The Kier molecular flexibility index (Phi) is 8.11. The summed E-state index contributed by atoms with van der Waals surface area (Å²) in [5, 5.41) is 15.2. The highest BCUT2D eigenvalue weighted by Gasteiger charge is 2.42. The molecule has 2 aliphatic rings. The summed E-state index contributed by atoms with van der Waals surface area (Å²) in [5.74, 6) is 0.604. The molecule has 2 amide bonds. The first-order chi connectivity index (χ1) is 18.1. The van der Waals surface area contributed by atoms with Crippen LogP contribution in [0.5, 0.6) is 5.75 Å². The van der Waals surface area contributed by atoms with Gasteiger partial charge in [0.15, 0.2) is 5.96 Å². The molecule has 4 rings (SSSR count). The van der Waals surface area contributed by atoms with E-state index in [1.54, 1.807) is 13.2 Å². The molecule has 0 spiro atoms. The molecule has 2 aliphatic heterocycles. The number of amides is 2. The topological polar surface area (TPSA) is 104 Å². The van der Waals surface area contributed by atoms with Crippen LogP contribution in [0.15, 0.2) is 48.5 Å². The van der Waals surface area contributed by atoms with E-state index in [1.165, 1.54) is 4.90 Å². The average Bonchev–Trinajstić information content (AvgIpc) is 2.89. The molecule has 2 heterocycles. The quantitative estimate of drug-likeness (QED) is 0.426. The van der Waals surface area contributed by atoms with Crippen LogP contribution in [0.4, 0.5) is 0 Å². The molecule has 0 aliphatic carbocycles. The van der Waals surface area contributed by atoms with E-state index in [0.29, 0.717) is 31.4 Å². The third kappa shape index (κ3) is 5.70. The van der Waals surface area contributed by atoms with Gasteiger partial charge in [-0.2, -0.15) is 0 Å². The predicted octanol–water partition coefficient (Wildman–Crippen LogP) is 5.11. The van der Waals surface area contributed by atoms with Crippen molar-refractivity contribution >= 4 is 17.8 Å². The second kappa shape index (κ2) is 11.2. The second-order valence-corrected chi connectivity index (χ2v) is 11.0. The zero-order valence-electron chi connectivity index (χ0n) is 23.1. The van der Waals surface area contributed by atoms with Crippen molar-refractivity contribution in [1.29, 1.82) is 5.41 Å². The number of benzene rings is 2. The summed E-state index contributed by atoms with van der Waals surface area (Å²) < 4.78 is 11.5. The molecule has 38 heavy (non-hydrogen) atoms. The third-order valence-corrected chi connectivity index (χ3v) is 7.86. The van der Waals surface area contributed by atoms with Gasteiger partial charge < -0.3 is 20.1 Å². The normalized spacial score (nSPS) is 20.7. The number of guanidine groups is 1. The van der Waals surface area contributed by atoms with E-state index in [-0.39, 0.29) is 23.8 Å². The van der Waals surface area contributed by atoms with Crippen molar-refractivity contribution in [3.63, 3.8) is 0 Å². The number of ether oxygens (including phenoxy) is 2. The van der Waals surface area contributed by atoms with E-state index >= 15 is 0 Å². The first kappa shape index (κ1) is 27.6. The molecule has 0 saturated carbocycles. The highest BCUT2D eigenvalue weighted by Crippen LogP contribution is 2.39. The zero-order valence-corrected chi connectivity index (χ0v) is 23.1. The Morgan fingerprint density at radius 3 is 2.63 bits per heavy atom. The van der Waals surface area contributed by atoms with Crippen molar-refractivity contribution in [2.24, 2.45) is 0 Å². The number of hydrogen-bond donors (Lipinski definition) is 3. The van der Waals surface area contributed by atoms with Crippen LogP contribution < -0.4 is 15.4 Å². The summed E-state index contributed by atoms with van der Waals surface area (Å²) in [4.78, 5) is 28.4. The number of hydrogen-bond acceptors (Lipinski definition) is 5. The van der Waals surface area contributed by atoms with E-state index in [2.05, 4.69) is 10.6 Å². The van der Waals surface area contributed by atoms with Gasteiger partial charge in [-0.1, -0.05) is 44.2 Å². The number of nitrogens with zero attached hydrogens (tertiary/aromatic N) is 1. The van der Waals surface area contributed by atoms with Crippen molar-refractivity contribution in [3.8, 4) is 5.75 Å². The maximum Gasteiger partial charge on any atom is 0.251 e. The zero-order chi connectivity index (χ0) is 27.5. The molecule has 8 nitrogen and oxygen atoms in total. The average molecular weight is 521 g/mol. The van der Waals surface area contributed by atoms with Crippen LogP contribution in [-0.4, -0.2) is 47.5 Å². The molecule has 2 aromatic carbocycles. The highest BCUT2D eigenvalue weighted by molar-refractivity contribution is 6.00. The van der Waals surface area contributed by atoms with E-state index < -0.39 is 17.2 Å². The minimum absolute atomic E-state index is 0.0885. The van der Waals surface area contributed by atoms with Crippen molar-refractivity contribution < 1.29 is 19.1 Å². The molecule has 3 N–H and O–H groups in total. The number of methoxy groups -OCH3 is 1. The van der Waals surface area contributed by atoms with Gasteiger partial charge in [0.2, 0.25) is 5.91 Å². The van der Waals surface area contributed by atoms with Gasteiger partial charge in [-0.05, 0) is 56.9 Å². The molecule has 204 valence electrons. The van der Waals surface area contributed by atoms with Crippen molar-refractivity contribution in [2.75, 3.05) is 13.7 Å². The van der Waals surface area contributed by atoms with Gasteiger partial charge in [0.1, 0.15) is 11.4 Å². The van der Waals surface area contributed by atoms with Gasteiger partial charge in [-0.3, -0.25) is 19.9 Å². The number of rotatable bonds is 9. The maximum atomic E-state index is 13.5. The van der Waals surface area contributed by atoms with Gasteiger partial charge in [-0.15, -0.1) is 0 Å². The summed E-state index contributed by atoms with van der Waals surface area (Å²) in [6.45, 7) is 8.53. The Morgan fingerprint density at radius 2 is 1.95 bits per heavy atom. The fourth-order valence-corrected chi connectivity index (χ4v) is 5.60. The summed E-state index contributed by atoms with van der Waals surface area (Å²) in [5.41, 5.74) is 1.46. The fourth-order valence-electron chi connectivity index (χ4n) is 5.60. The summed E-state index contributed by atoms with van der Waals surface area (Å²) >= 11 is 0. The van der Waals surface area contributed by atoms with Gasteiger partial charge in [0.25, 0.3) is 5.91 Å². The van der Waals surface area contributed by atoms with Crippen molar-refractivity contribution in [1.82, 2.24) is 15.5 Å². The number of nitrogens with one attached hydrogen (secondary N) is 3. The minimum Gasteiger partial charge on any atom is -0.487 e. The smallest absolute Gasteiger partial charge is 0.251 e. The SMILES string of the molecule is CCC1(CC)CC(=O)N(C(CCOC)c2cccc(C(=O)NC3CC(C)(C)Oc4ccccc43)c2)C(=N)N1. The highest BCUT2D eigenvalue weighted by atomic mass is 16.5. The molecule has 0 radical (unpaired) electrons. The lowest BCUT2D eigenvalue weighted by molar-refractivity contribution is -0.133. The molecule has 2 unspecified atom stereocenters.